The Morgan fingerprint density at radius 1 is 1.32 bits per heavy atom. The highest BCUT2D eigenvalue weighted by atomic mass is 127. The summed E-state index contributed by atoms with van der Waals surface area (Å²) in [5.74, 6) is 0. The van der Waals surface area contributed by atoms with Gasteiger partial charge in [0, 0.05) is 35.8 Å². The zero-order valence-electron chi connectivity index (χ0n) is 11.2. The van der Waals surface area contributed by atoms with E-state index >= 15 is 0 Å². The molecule has 106 valence electrons. The zero-order chi connectivity index (χ0) is 14.0. The smallest absolute Gasteiger partial charge is 0.211 e. The molecule has 1 aliphatic rings. The summed E-state index contributed by atoms with van der Waals surface area (Å²) < 4.78 is 25.9. The molecule has 1 atom stereocenters. The summed E-state index contributed by atoms with van der Waals surface area (Å²) in [6, 6.07) is 8.58. The van der Waals surface area contributed by atoms with Crippen molar-refractivity contribution < 1.29 is 8.42 Å². The number of halogens is 1. The van der Waals surface area contributed by atoms with Crippen molar-refractivity contribution in [2.45, 2.75) is 19.5 Å². The maximum absolute atomic E-state index is 11.6. The van der Waals surface area contributed by atoms with Gasteiger partial charge in [0.1, 0.15) is 0 Å². The van der Waals surface area contributed by atoms with Crippen molar-refractivity contribution >= 4 is 32.6 Å². The van der Waals surface area contributed by atoms with Crippen LogP contribution in [0.1, 0.15) is 12.5 Å². The largest absolute Gasteiger partial charge is 0.294 e. The van der Waals surface area contributed by atoms with E-state index in [2.05, 4.69) is 52.6 Å². The first kappa shape index (κ1) is 15.2. The van der Waals surface area contributed by atoms with Crippen molar-refractivity contribution in [1.82, 2.24) is 9.21 Å². The fraction of sp³-hybridized carbons (Fsp3) is 0.538. The van der Waals surface area contributed by atoms with E-state index in [1.165, 1.54) is 15.4 Å². The molecule has 4 nitrogen and oxygen atoms in total. The number of sulfonamides is 1. The third kappa shape index (κ3) is 3.90. The van der Waals surface area contributed by atoms with Crippen LogP contribution in [0, 0.1) is 3.57 Å². The number of hydrogen-bond acceptors (Lipinski definition) is 3. The molecule has 0 aliphatic carbocycles. The van der Waals surface area contributed by atoms with Gasteiger partial charge in [-0.2, -0.15) is 4.31 Å². The topological polar surface area (TPSA) is 40.6 Å². The fourth-order valence-electron chi connectivity index (χ4n) is 2.34. The summed E-state index contributed by atoms with van der Waals surface area (Å²) >= 11 is 2.35. The van der Waals surface area contributed by atoms with Crippen LogP contribution < -0.4 is 0 Å². The highest BCUT2D eigenvalue weighted by Gasteiger charge is 2.28. The van der Waals surface area contributed by atoms with E-state index in [4.69, 9.17) is 0 Å². The van der Waals surface area contributed by atoms with Crippen LogP contribution in [0.3, 0.4) is 0 Å². The molecule has 0 bridgehead atoms. The van der Waals surface area contributed by atoms with Gasteiger partial charge < -0.3 is 0 Å². The monoisotopic (exact) mass is 394 g/mol. The lowest BCUT2D eigenvalue weighted by molar-refractivity contribution is 0.122. The summed E-state index contributed by atoms with van der Waals surface area (Å²) in [6.07, 6.45) is 1.29. The summed E-state index contributed by atoms with van der Waals surface area (Å²) in [5, 5.41) is 0. The number of benzene rings is 1. The van der Waals surface area contributed by atoms with Crippen LogP contribution in [0.5, 0.6) is 0 Å². The van der Waals surface area contributed by atoms with Gasteiger partial charge in [0.15, 0.2) is 0 Å². The van der Waals surface area contributed by atoms with Gasteiger partial charge in [-0.25, -0.2) is 8.42 Å². The molecular weight excluding hydrogens is 375 g/mol. The Morgan fingerprint density at radius 2 is 2.00 bits per heavy atom. The molecule has 1 aliphatic heterocycles. The van der Waals surface area contributed by atoms with Crippen LogP contribution in [0.4, 0.5) is 0 Å². The molecule has 0 spiro atoms. The van der Waals surface area contributed by atoms with Gasteiger partial charge in [-0.15, -0.1) is 0 Å². The molecule has 1 aromatic rings. The average Bonchev–Trinajstić information content (AvgIpc) is 2.33. The van der Waals surface area contributed by atoms with Crippen LogP contribution in [-0.2, 0) is 16.6 Å². The number of piperazine rings is 1. The van der Waals surface area contributed by atoms with Crippen LogP contribution in [0.2, 0.25) is 0 Å². The quantitative estimate of drug-likeness (QED) is 0.734. The molecule has 0 aromatic heterocycles. The molecule has 1 saturated heterocycles. The van der Waals surface area contributed by atoms with Gasteiger partial charge in [-0.05, 0) is 41.1 Å². The molecule has 1 fully saturated rings. The third-order valence-electron chi connectivity index (χ3n) is 3.53. The van der Waals surface area contributed by atoms with Crippen LogP contribution in [0.15, 0.2) is 24.3 Å². The predicted molar refractivity (Wildman–Crippen MR) is 85.4 cm³/mol. The van der Waals surface area contributed by atoms with Crippen LogP contribution in [-0.4, -0.2) is 49.6 Å². The van der Waals surface area contributed by atoms with Crippen molar-refractivity contribution in [3.8, 4) is 0 Å². The van der Waals surface area contributed by atoms with E-state index in [0.29, 0.717) is 13.1 Å². The molecule has 6 heteroatoms. The summed E-state index contributed by atoms with van der Waals surface area (Å²) in [6.45, 7) is 4.94. The van der Waals surface area contributed by atoms with Gasteiger partial charge in [0.25, 0.3) is 0 Å². The fourth-order valence-corrected chi connectivity index (χ4v) is 3.80. The van der Waals surface area contributed by atoms with Crippen LogP contribution >= 0.6 is 22.6 Å². The van der Waals surface area contributed by atoms with Crippen molar-refractivity contribution in [2.75, 3.05) is 25.9 Å². The van der Waals surface area contributed by atoms with Crippen LogP contribution in [0.25, 0.3) is 0 Å². The maximum Gasteiger partial charge on any atom is 0.211 e. The normalized spacial score (nSPS) is 22.6. The molecule has 1 aromatic carbocycles. The minimum atomic E-state index is -3.06. The summed E-state index contributed by atoms with van der Waals surface area (Å²) in [5.41, 5.74) is 1.31. The lowest BCUT2D eigenvalue weighted by atomic mass is 10.1. The highest BCUT2D eigenvalue weighted by molar-refractivity contribution is 14.1. The van der Waals surface area contributed by atoms with E-state index in [-0.39, 0.29) is 6.04 Å². The Morgan fingerprint density at radius 3 is 2.58 bits per heavy atom. The second-order valence-corrected chi connectivity index (χ2v) is 8.18. The Kier molecular flexibility index (Phi) is 4.86. The molecule has 19 heavy (non-hydrogen) atoms. The highest BCUT2D eigenvalue weighted by Crippen LogP contribution is 2.18. The Hall–Kier alpha value is -0.180. The van der Waals surface area contributed by atoms with Crippen molar-refractivity contribution in [1.29, 1.82) is 0 Å². The minimum absolute atomic E-state index is 0.250. The lowest BCUT2D eigenvalue weighted by Crippen LogP contribution is -2.52. The second kappa shape index (κ2) is 6.07. The zero-order valence-corrected chi connectivity index (χ0v) is 14.2. The van der Waals surface area contributed by atoms with Gasteiger partial charge in [-0.1, -0.05) is 18.2 Å². The van der Waals surface area contributed by atoms with E-state index in [9.17, 15) is 8.42 Å². The molecular formula is C13H19IN2O2S. The van der Waals surface area contributed by atoms with Crippen molar-refractivity contribution in [3.05, 3.63) is 33.4 Å². The van der Waals surface area contributed by atoms with Gasteiger partial charge in [0.05, 0.1) is 6.26 Å². The van der Waals surface area contributed by atoms with Gasteiger partial charge in [-0.3, -0.25) is 4.90 Å². The minimum Gasteiger partial charge on any atom is -0.294 e. The first-order valence-corrected chi connectivity index (χ1v) is 9.23. The molecule has 0 radical (unpaired) electrons. The van der Waals surface area contributed by atoms with E-state index in [1.807, 2.05) is 6.07 Å². The van der Waals surface area contributed by atoms with E-state index < -0.39 is 10.0 Å². The SMILES string of the molecule is C[C@H]1CN(S(C)(=O)=O)CCN1Cc1ccccc1I. The molecule has 0 saturated carbocycles. The Bertz CT molecular complexity index is 547. The average molecular weight is 394 g/mol. The standard InChI is InChI=1S/C13H19IN2O2S/c1-11-9-16(19(2,17)18)8-7-15(11)10-12-5-3-4-6-13(12)14/h3-6,11H,7-10H2,1-2H3/t11-/m0/s1. The lowest BCUT2D eigenvalue weighted by Gasteiger charge is -2.38. The molecule has 0 N–H and O–H groups in total. The number of nitrogens with zero attached hydrogens (tertiary/aromatic N) is 2. The molecule has 1 heterocycles. The predicted octanol–water partition coefficient (Wildman–Crippen LogP) is 1.76. The van der Waals surface area contributed by atoms with Gasteiger partial charge >= 0.3 is 0 Å². The van der Waals surface area contributed by atoms with E-state index in [1.54, 1.807) is 4.31 Å². The Labute approximate surface area is 129 Å². The third-order valence-corrected chi connectivity index (χ3v) is 5.85. The molecule has 0 unspecified atom stereocenters. The molecule has 0 amide bonds. The van der Waals surface area contributed by atoms with E-state index in [0.717, 1.165) is 13.1 Å². The summed E-state index contributed by atoms with van der Waals surface area (Å²) in [7, 11) is -3.06. The maximum atomic E-state index is 11.6. The van der Waals surface area contributed by atoms with Crippen molar-refractivity contribution in [3.63, 3.8) is 0 Å². The number of rotatable bonds is 3. The number of hydrogen-bond donors (Lipinski definition) is 0. The molecule has 2 rings (SSSR count). The van der Waals surface area contributed by atoms with Gasteiger partial charge in [0.2, 0.25) is 10.0 Å². The Balaban J connectivity index is 2.03. The second-order valence-electron chi connectivity index (χ2n) is 5.03. The summed E-state index contributed by atoms with van der Waals surface area (Å²) in [4.78, 5) is 2.35. The van der Waals surface area contributed by atoms with Crippen molar-refractivity contribution in [2.24, 2.45) is 0 Å². The first-order valence-electron chi connectivity index (χ1n) is 6.30. The first-order chi connectivity index (χ1) is 8.88.